The van der Waals surface area contributed by atoms with Crippen LogP contribution in [0.25, 0.3) is 33.4 Å². The average Bonchev–Trinajstić information content (AvgIpc) is 3.24. The third kappa shape index (κ3) is 3.66. The predicted molar refractivity (Wildman–Crippen MR) is 126 cm³/mol. The Bertz CT molecular complexity index is 1540. The van der Waals surface area contributed by atoms with Crippen molar-refractivity contribution in [3.8, 4) is 28.5 Å². The molecule has 0 spiro atoms. The van der Waals surface area contributed by atoms with E-state index < -0.39 is 0 Å². The second-order valence-electron chi connectivity index (χ2n) is 7.77. The van der Waals surface area contributed by atoms with E-state index in [0.717, 1.165) is 28.1 Å². The molecular formula is C25H20N8. The molecule has 0 amide bonds. The summed E-state index contributed by atoms with van der Waals surface area (Å²) in [6.07, 6.45) is 3.52. The van der Waals surface area contributed by atoms with Gasteiger partial charge < -0.3 is 5.73 Å². The second kappa shape index (κ2) is 8.13. The predicted octanol–water partition coefficient (Wildman–Crippen LogP) is 4.07. The van der Waals surface area contributed by atoms with Crippen LogP contribution in [-0.2, 0) is 6.54 Å². The van der Waals surface area contributed by atoms with Crippen molar-refractivity contribution in [1.82, 2.24) is 29.9 Å². The molecule has 0 radical (unpaired) electrons. The minimum absolute atomic E-state index is 0.256. The van der Waals surface area contributed by atoms with Crippen molar-refractivity contribution in [3.05, 3.63) is 83.4 Å². The van der Waals surface area contributed by atoms with Crippen molar-refractivity contribution in [1.29, 1.82) is 5.26 Å². The number of fused-ring (bicyclic) bond motifs is 1. The van der Waals surface area contributed by atoms with E-state index in [0.29, 0.717) is 34.4 Å². The standard InChI is InChI=1S/C25H20N8/c1-15-13-28-11-10-19(15)21-22(20-9-4-3-7-17(20)12-26)30-25(27)24-23(21)31-33(32-24)14-18-8-5-6-16(2)29-18/h3-11,13H,14H2,1-2H3,(H2,27,30). The lowest BCUT2D eigenvalue weighted by Crippen LogP contribution is -2.05. The molecule has 0 atom stereocenters. The van der Waals surface area contributed by atoms with E-state index in [1.807, 2.05) is 56.3 Å². The molecule has 0 aliphatic carbocycles. The van der Waals surface area contributed by atoms with E-state index in [2.05, 4.69) is 21.1 Å². The Labute approximate surface area is 190 Å². The van der Waals surface area contributed by atoms with Crippen molar-refractivity contribution in [2.75, 3.05) is 5.73 Å². The maximum Gasteiger partial charge on any atom is 0.155 e. The van der Waals surface area contributed by atoms with Crippen molar-refractivity contribution < 1.29 is 0 Å². The molecule has 0 fully saturated rings. The summed E-state index contributed by atoms with van der Waals surface area (Å²) in [5.74, 6) is 0.256. The number of anilines is 1. The fourth-order valence-corrected chi connectivity index (χ4v) is 3.92. The van der Waals surface area contributed by atoms with Crippen LogP contribution >= 0.6 is 0 Å². The largest absolute Gasteiger partial charge is 0.382 e. The lowest BCUT2D eigenvalue weighted by molar-refractivity contribution is 0.590. The van der Waals surface area contributed by atoms with E-state index in [1.54, 1.807) is 23.3 Å². The molecule has 0 aliphatic heterocycles. The summed E-state index contributed by atoms with van der Waals surface area (Å²) in [4.78, 5) is 15.1. The van der Waals surface area contributed by atoms with Crippen LogP contribution < -0.4 is 5.73 Å². The molecule has 0 unspecified atom stereocenters. The van der Waals surface area contributed by atoms with Crippen LogP contribution in [0.3, 0.4) is 0 Å². The summed E-state index contributed by atoms with van der Waals surface area (Å²) < 4.78 is 0. The van der Waals surface area contributed by atoms with Gasteiger partial charge in [-0.2, -0.15) is 15.2 Å². The first-order valence-corrected chi connectivity index (χ1v) is 10.4. The Morgan fingerprint density at radius 3 is 2.55 bits per heavy atom. The van der Waals surface area contributed by atoms with E-state index in [9.17, 15) is 5.26 Å². The molecule has 5 aromatic rings. The molecule has 5 rings (SSSR count). The number of hydrogen-bond acceptors (Lipinski definition) is 7. The number of benzene rings is 1. The normalized spacial score (nSPS) is 10.9. The van der Waals surface area contributed by atoms with Crippen LogP contribution in [0.15, 0.2) is 60.9 Å². The van der Waals surface area contributed by atoms with Gasteiger partial charge in [0.05, 0.1) is 23.0 Å². The Balaban J connectivity index is 1.80. The van der Waals surface area contributed by atoms with Gasteiger partial charge in [0.1, 0.15) is 12.1 Å². The van der Waals surface area contributed by atoms with Gasteiger partial charge >= 0.3 is 0 Å². The molecule has 8 nitrogen and oxygen atoms in total. The van der Waals surface area contributed by atoms with Crippen molar-refractivity contribution in [2.45, 2.75) is 20.4 Å². The molecule has 2 N–H and O–H groups in total. The van der Waals surface area contributed by atoms with Gasteiger partial charge in [-0.1, -0.05) is 24.3 Å². The number of pyridine rings is 3. The monoisotopic (exact) mass is 432 g/mol. The summed E-state index contributed by atoms with van der Waals surface area (Å²) in [7, 11) is 0. The van der Waals surface area contributed by atoms with E-state index >= 15 is 0 Å². The highest BCUT2D eigenvalue weighted by atomic mass is 15.5. The van der Waals surface area contributed by atoms with Crippen LogP contribution in [0.5, 0.6) is 0 Å². The minimum Gasteiger partial charge on any atom is -0.382 e. The number of nitrogens with zero attached hydrogens (tertiary/aromatic N) is 7. The second-order valence-corrected chi connectivity index (χ2v) is 7.77. The molecule has 4 aromatic heterocycles. The van der Waals surface area contributed by atoms with E-state index in [1.165, 1.54) is 0 Å². The minimum atomic E-state index is 0.256. The molecule has 0 bridgehead atoms. The summed E-state index contributed by atoms with van der Waals surface area (Å²) in [6.45, 7) is 4.32. The highest BCUT2D eigenvalue weighted by Gasteiger charge is 2.23. The zero-order valence-corrected chi connectivity index (χ0v) is 18.2. The number of hydrogen-bond donors (Lipinski definition) is 1. The quantitative estimate of drug-likeness (QED) is 0.454. The summed E-state index contributed by atoms with van der Waals surface area (Å²) in [5, 5.41) is 19.1. The average molecular weight is 432 g/mol. The number of aryl methyl sites for hydroxylation is 2. The molecule has 0 saturated carbocycles. The number of nitriles is 1. The molecule has 160 valence electrons. The zero-order chi connectivity index (χ0) is 22.9. The Kier molecular flexibility index (Phi) is 4.99. The summed E-state index contributed by atoms with van der Waals surface area (Å²) >= 11 is 0. The van der Waals surface area contributed by atoms with Crippen molar-refractivity contribution in [3.63, 3.8) is 0 Å². The Morgan fingerprint density at radius 2 is 1.76 bits per heavy atom. The van der Waals surface area contributed by atoms with Crippen LogP contribution in [-0.4, -0.2) is 29.9 Å². The fourth-order valence-electron chi connectivity index (χ4n) is 3.92. The Morgan fingerprint density at radius 1 is 0.939 bits per heavy atom. The molecule has 1 aromatic carbocycles. The number of rotatable bonds is 4. The lowest BCUT2D eigenvalue weighted by Gasteiger charge is -2.13. The molecule has 8 heteroatoms. The van der Waals surface area contributed by atoms with E-state index in [4.69, 9.17) is 15.8 Å². The lowest BCUT2D eigenvalue weighted by atomic mass is 9.94. The highest BCUT2D eigenvalue weighted by molar-refractivity contribution is 6.03. The number of nitrogen functional groups attached to an aromatic ring is 1. The molecular weight excluding hydrogens is 412 g/mol. The third-order valence-corrected chi connectivity index (χ3v) is 5.45. The highest BCUT2D eigenvalue weighted by Crippen LogP contribution is 2.39. The van der Waals surface area contributed by atoms with Crippen LogP contribution in [0.4, 0.5) is 5.82 Å². The van der Waals surface area contributed by atoms with Gasteiger partial charge in [0.2, 0.25) is 0 Å². The van der Waals surface area contributed by atoms with Gasteiger partial charge in [0.25, 0.3) is 0 Å². The van der Waals surface area contributed by atoms with E-state index in [-0.39, 0.29) is 5.82 Å². The van der Waals surface area contributed by atoms with Crippen LogP contribution in [0.2, 0.25) is 0 Å². The molecule has 0 aliphatic rings. The number of nitrogens with two attached hydrogens (primary N) is 1. The summed E-state index contributed by atoms with van der Waals surface area (Å²) in [6, 6.07) is 17.3. The first-order chi connectivity index (χ1) is 16.0. The SMILES string of the molecule is Cc1cccc(Cn2nc3c(N)nc(-c4ccccc4C#N)c(-c4ccncc4C)c3n2)n1. The maximum absolute atomic E-state index is 9.71. The van der Waals surface area contributed by atoms with Gasteiger partial charge in [-0.3, -0.25) is 9.97 Å². The third-order valence-electron chi connectivity index (χ3n) is 5.45. The topological polar surface area (TPSA) is 119 Å². The fraction of sp³-hybridized carbons (Fsp3) is 0.120. The number of aromatic nitrogens is 6. The molecule has 0 saturated heterocycles. The van der Waals surface area contributed by atoms with Crippen molar-refractivity contribution in [2.24, 2.45) is 0 Å². The molecule has 4 heterocycles. The van der Waals surface area contributed by atoms with Gasteiger partial charge in [-0.25, -0.2) is 4.98 Å². The Hall–Kier alpha value is -4.64. The first kappa shape index (κ1) is 20.3. The van der Waals surface area contributed by atoms with Gasteiger partial charge in [-0.15, -0.1) is 5.10 Å². The van der Waals surface area contributed by atoms with Crippen LogP contribution in [0, 0.1) is 25.2 Å². The summed E-state index contributed by atoms with van der Waals surface area (Å²) in [5.41, 5.74) is 13.7. The van der Waals surface area contributed by atoms with Crippen LogP contribution in [0.1, 0.15) is 22.5 Å². The van der Waals surface area contributed by atoms with Gasteiger partial charge in [0.15, 0.2) is 11.3 Å². The first-order valence-electron chi connectivity index (χ1n) is 10.4. The zero-order valence-electron chi connectivity index (χ0n) is 18.2. The van der Waals surface area contributed by atoms with Gasteiger partial charge in [0, 0.05) is 29.2 Å². The molecule has 33 heavy (non-hydrogen) atoms. The van der Waals surface area contributed by atoms with Gasteiger partial charge in [-0.05, 0) is 49.2 Å². The van der Waals surface area contributed by atoms with Crippen molar-refractivity contribution >= 4 is 16.9 Å². The maximum atomic E-state index is 9.71. The smallest absolute Gasteiger partial charge is 0.155 e.